The third kappa shape index (κ3) is 1.71. The van der Waals surface area contributed by atoms with Crippen LogP contribution in [0, 0.1) is 18.3 Å². The molecular formula is C12H9N3O. The Morgan fingerprint density at radius 2 is 2.25 bits per heavy atom. The summed E-state index contributed by atoms with van der Waals surface area (Å²) in [5, 5.41) is 13.2. The number of benzene rings is 1. The van der Waals surface area contributed by atoms with Crippen LogP contribution in [0.2, 0.25) is 0 Å². The molecule has 0 bridgehead atoms. The van der Waals surface area contributed by atoms with Crippen molar-refractivity contribution in [2.24, 2.45) is 0 Å². The van der Waals surface area contributed by atoms with Crippen molar-refractivity contribution in [1.82, 2.24) is 9.78 Å². The number of rotatable bonds is 2. The lowest BCUT2D eigenvalue weighted by molar-refractivity contribution is 0.112. The molecule has 0 fully saturated rings. The molecule has 16 heavy (non-hydrogen) atoms. The fourth-order valence-electron chi connectivity index (χ4n) is 1.47. The Balaban J connectivity index is 2.57. The molecule has 0 aliphatic heterocycles. The normalized spacial score (nSPS) is 9.75. The summed E-state index contributed by atoms with van der Waals surface area (Å²) in [6.07, 6.45) is 2.51. The highest BCUT2D eigenvalue weighted by atomic mass is 16.1. The fraction of sp³-hybridized carbons (Fsp3) is 0.0833. The van der Waals surface area contributed by atoms with Crippen LogP contribution in [0.15, 0.2) is 30.5 Å². The van der Waals surface area contributed by atoms with Gasteiger partial charge in [0.2, 0.25) is 0 Å². The Morgan fingerprint density at radius 1 is 1.44 bits per heavy atom. The van der Waals surface area contributed by atoms with Crippen molar-refractivity contribution in [3.05, 3.63) is 47.3 Å². The van der Waals surface area contributed by atoms with Crippen LogP contribution in [0.1, 0.15) is 21.6 Å². The van der Waals surface area contributed by atoms with Crippen LogP contribution in [0.25, 0.3) is 5.69 Å². The molecule has 0 aliphatic carbocycles. The second-order valence-electron chi connectivity index (χ2n) is 3.41. The molecule has 78 valence electrons. The summed E-state index contributed by atoms with van der Waals surface area (Å²) in [6, 6.07) is 8.85. The van der Waals surface area contributed by atoms with Crippen molar-refractivity contribution in [2.75, 3.05) is 0 Å². The molecule has 4 heteroatoms. The lowest BCUT2D eigenvalue weighted by Crippen LogP contribution is -1.99. The number of nitriles is 1. The highest BCUT2D eigenvalue weighted by Crippen LogP contribution is 2.14. The van der Waals surface area contributed by atoms with Gasteiger partial charge in [-0.1, -0.05) is 0 Å². The molecule has 0 atom stereocenters. The van der Waals surface area contributed by atoms with Gasteiger partial charge in [0, 0.05) is 11.8 Å². The summed E-state index contributed by atoms with van der Waals surface area (Å²) in [4.78, 5) is 10.6. The van der Waals surface area contributed by atoms with Crippen molar-refractivity contribution < 1.29 is 4.79 Å². The van der Waals surface area contributed by atoms with Gasteiger partial charge >= 0.3 is 0 Å². The van der Waals surface area contributed by atoms with E-state index in [-0.39, 0.29) is 0 Å². The van der Waals surface area contributed by atoms with Crippen LogP contribution < -0.4 is 0 Å². The zero-order chi connectivity index (χ0) is 11.5. The van der Waals surface area contributed by atoms with Crippen molar-refractivity contribution >= 4 is 6.29 Å². The maximum atomic E-state index is 10.6. The van der Waals surface area contributed by atoms with Crippen LogP contribution in [-0.4, -0.2) is 16.1 Å². The number of aryl methyl sites for hydroxylation is 1. The first-order valence-corrected chi connectivity index (χ1v) is 4.76. The van der Waals surface area contributed by atoms with Crippen LogP contribution in [0.5, 0.6) is 0 Å². The zero-order valence-electron chi connectivity index (χ0n) is 8.71. The first-order chi connectivity index (χ1) is 7.74. The molecule has 0 amide bonds. The summed E-state index contributed by atoms with van der Waals surface area (Å²) in [5.74, 6) is 0. The molecule has 4 nitrogen and oxygen atoms in total. The van der Waals surface area contributed by atoms with Crippen molar-refractivity contribution in [3.8, 4) is 11.8 Å². The lowest BCUT2D eigenvalue weighted by atomic mass is 10.1. The molecular weight excluding hydrogens is 202 g/mol. The maximum Gasteiger partial charge on any atom is 0.150 e. The van der Waals surface area contributed by atoms with Gasteiger partial charge in [0.15, 0.2) is 0 Å². The third-order valence-electron chi connectivity index (χ3n) is 2.25. The summed E-state index contributed by atoms with van der Waals surface area (Å²) in [5.41, 5.74) is 2.49. The Hall–Kier alpha value is -2.41. The molecule has 2 aromatic rings. The van der Waals surface area contributed by atoms with Crippen molar-refractivity contribution in [1.29, 1.82) is 5.26 Å². The van der Waals surface area contributed by atoms with Gasteiger partial charge < -0.3 is 0 Å². The van der Waals surface area contributed by atoms with Gasteiger partial charge in [-0.2, -0.15) is 10.4 Å². The number of nitrogens with zero attached hydrogens (tertiary/aromatic N) is 3. The second kappa shape index (κ2) is 3.99. The largest absolute Gasteiger partial charge is 0.298 e. The molecule has 0 unspecified atom stereocenters. The van der Waals surface area contributed by atoms with Crippen LogP contribution in [-0.2, 0) is 0 Å². The first kappa shape index (κ1) is 10.1. The fourth-order valence-corrected chi connectivity index (χ4v) is 1.47. The van der Waals surface area contributed by atoms with E-state index in [4.69, 9.17) is 5.26 Å². The molecule has 1 aromatic heterocycles. The van der Waals surface area contributed by atoms with Crippen molar-refractivity contribution in [3.63, 3.8) is 0 Å². The van der Waals surface area contributed by atoms with Crippen LogP contribution in [0.3, 0.4) is 0 Å². The Kier molecular flexibility index (Phi) is 2.52. The van der Waals surface area contributed by atoms with Crippen LogP contribution >= 0.6 is 0 Å². The Labute approximate surface area is 92.7 Å². The topological polar surface area (TPSA) is 58.7 Å². The first-order valence-electron chi connectivity index (χ1n) is 4.76. The predicted molar refractivity (Wildman–Crippen MR) is 58.4 cm³/mol. The van der Waals surface area contributed by atoms with E-state index in [1.54, 1.807) is 29.1 Å². The summed E-state index contributed by atoms with van der Waals surface area (Å²) in [7, 11) is 0. The van der Waals surface area contributed by atoms with E-state index in [0.29, 0.717) is 16.8 Å². The third-order valence-corrected chi connectivity index (χ3v) is 2.25. The number of hydrogen-bond donors (Lipinski definition) is 0. The molecule has 0 N–H and O–H groups in total. The number of hydrogen-bond acceptors (Lipinski definition) is 3. The number of carbonyl (C=O) groups excluding carboxylic acids is 1. The minimum Gasteiger partial charge on any atom is -0.298 e. The molecule has 0 radical (unpaired) electrons. The molecule has 2 rings (SSSR count). The summed E-state index contributed by atoms with van der Waals surface area (Å²) >= 11 is 0. The van der Waals surface area contributed by atoms with Gasteiger partial charge in [-0.3, -0.25) is 4.79 Å². The standard InChI is InChI=1S/C12H9N3O/c1-9-4-5-15(14-9)12-3-2-10(8-16)6-11(12)7-13/h2-6,8H,1H3. The zero-order valence-corrected chi connectivity index (χ0v) is 8.71. The summed E-state index contributed by atoms with van der Waals surface area (Å²) in [6.45, 7) is 1.88. The van der Waals surface area contributed by atoms with Gasteiger partial charge in [-0.25, -0.2) is 4.68 Å². The smallest absolute Gasteiger partial charge is 0.150 e. The maximum absolute atomic E-state index is 10.6. The van der Waals surface area contributed by atoms with E-state index in [1.807, 2.05) is 13.0 Å². The van der Waals surface area contributed by atoms with E-state index in [0.717, 1.165) is 12.0 Å². The minimum atomic E-state index is 0.438. The number of aldehydes is 1. The van der Waals surface area contributed by atoms with E-state index >= 15 is 0 Å². The van der Waals surface area contributed by atoms with E-state index < -0.39 is 0 Å². The van der Waals surface area contributed by atoms with Gasteiger partial charge in [0.05, 0.1) is 16.9 Å². The molecule has 0 spiro atoms. The van der Waals surface area contributed by atoms with E-state index in [2.05, 4.69) is 11.2 Å². The SMILES string of the molecule is Cc1ccn(-c2ccc(C=O)cc2C#N)n1. The highest BCUT2D eigenvalue weighted by molar-refractivity contribution is 5.76. The summed E-state index contributed by atoms with van der Waals surface area (Å²) < 4.78 is 1.63. The monoisotopic (exact) mass is 211 g/mol. The average Bonchev–Trinajstić information content (AvgIpc) is 2.74. The van der Waals surface area contributed by atoms with Gasteiger partial charge in [-0.15, -0.1) is 0 Å². The molecule has 0 saturated carbocycles. The second-order valence-corrected chi connectivity index (χ2v) is 3.41. The Morgan fingerprint density at radius 3 is 2.81 bits per heavy atom. The Bertz CT molecular complexity index is 578. The average molecular weight is 211 g/mol. The predicted octanol–water partition coefficient (Wildman–Crippen LogP) is 1.86. The van der Waals surface area contributed by atoms with E-state index in [9.17, 15) is 4.79 Å². The quantitative estimate of drug-likeness (QED) is 0.712. The van der Waals surface area contributed by atoms with Gasteiger partial charge in [0.25, 0.3) is 0 Å². The van der Waals surface area contributed by atoms with Gasteiger partial charge in [0.1, 0.15) is 12.4 Å². The van der Waals surface area contributed by atoms with Gasteiger partial charge in [-0.05, 0) is 31.2 Å². The minimum absolute atomic E-state index is 0.438. The number of aromatic nitrogens is 2. The van der Waals surface area contributed by atoms with Crippen LogP contribution in [0.4, 0.5) is 0 Å². The number of carbonyl (C=O) groups is 1. The molecule has 1 aromatic carbocycles. The highest BCUT2D eigenvalue weighted by Gasteiger charge is 2.06. The van der Waals surface area contributed by atoms with E-state index in [1.165, 1.54) is 0 Å². The molecule has 1 heterocycles. The lowest BCUT2D eigenvalue weighted by Gasteiger charge is -2.04. The molecule has 0 saturated heterocycles. The molecule has 0 aliphatic rings. The van der Waals surface area contributed by atoms with Crippen molar-refractivity contribution in [2.45, 2.75) is 6.92 Å².